The van der Waals surface area contributed by atoms with Crippen molar-refractivity contribution in [2.75, 3.05) is 11.9 Å². The molecule has 0 spiro atoms. The monoisotopic (exact) mass is 666 g/mol. The molecule has 2 aromatic heterocycles. The van der Waals surface area contributed by atoms with E-state index in [0.717, 1.165) is 33.3 Å². The Labute approximate surface area is 302 Å². The zero-order valence-electron chi connectivity index (χ0n) is 28.7. The van der Waals surface area contributed by atoms with Crippen LogP contribution in [-0.4, -0.2) is 11.6 Å². The first kappa shape index (κ1) is 30.0. The highest BCUT2D eigenvalue weighted by Crippen LogP contribution is 2.37. The number of anilines is 2. The van der Waals surface area contributed by atoms with E-state index >= 15 is 0 Å². The number of hydrogen-bond acceptors (Lipinski definition) is 2. The maximum Gasteiger partial charge on any atom is 0.135 e. The molecule has 0 amide bonds. The van der Waals surface area contributed by atoms with Crippen LogP contribution in [0.5, 0.6) is 0 Å². The summed E-state index contributed by atoms with van der Waals surface area (Å²) in [6, 6.07) is 67.3. The zero-order valence-corrected chi connectivity index (χ0v) is 28.7. The van der Waals surface area contributed by atoms with Gasteiger partial charge < -0.3 is 13.9 Å². The lowest BCUT2D eigenvalue weighted by molar-refractivity contribution is 0.669. The van der Waals surface area contributed by atoms with Crippen molar-refractivity contribution >= 4 is 55.1 Å². The molecule has 246 valence electrons. The summed E-state index contributed by atoms with van der Waals surface area (Å²) < 4.78 is 8.39. The van der Waals surface area contributed by atoms with Crippen molar-refractivity contribution < 1.29 is 4.42 Å². The maximum atomic E-state index is 6.03. The van der Waals surface area contributed by atoms with Gasteiger partial charge in [0.05, 0.1) is 11.0 Å². The molecule has 0 fully saturated rings. The summed E-state index contributed by atoms with van der Waals surface area (Å²) in [5.41, 5.74) is 14.9. The van der Waals surface area contributed by atoms with Crippen LogP contribution in [0.4, 0.5) is 11.4 Å². The molecule has 0 atom stereocenters. The van der Waals surface area contributed by atoms with Gasteiger partial charge in [0.25, 0.3) is 0 Å². The minimum Gasteiger partial charge on any atom is -0.456 e. The summed E-state index contributed by atoms with van der Waals surface area (Å²) in [6.07, 6.45) is 0. The molecule has 10 rings (SSSR count). The molecule has 3 nitrogen and oxygen atoms in total. The molecule has 0 unspecified atom stereocenters. The summed E-state index contributed by atoms with van der Waals surface area (Å²) in [4.78, 5) is 2.23. The smallest absolute Gasteiger partial charge is 0.135 e. The van der Waals surface area contributed by atoms with Gasteiger partial charge in [-0.2, -0.15) is 0 Å². The molecule has 3 heteroatoms. The standard InChI is InChI=1S/C49H34N2O/c1-50(40-27-21-36(22-28-40)38-24-30-49-45(32-38)43-12-6-8-14-48(43)52-49)39-25-19-34(20-26-39)33-15-17-35(18-16-33)37-23-29-47-44(31-37)42-11-5-7-13-46(42)51(47)41-9-3-2-4-10-41/h2-32H,1H3. The number of benzene rings is 8. The van der Waals surface area contributed by atoms with Gasteiger partial charge in [0.1, 0.15) is 11.2 Å². The Morgan fingerprint density at radius 2 is 0.827 bits per heavy atom. The Morgan fingerprint density at radius 1 is 0.365 bits per heavy atom. The van der Waals surface area contributed by atoms with Crippen LogP contribution in [0.3, 0.4) is 0 Å². The number of nitrogens with zero attached hydrogens (tertiary/aromatic N) is 2. The SMILES string of the molecule is CN(c1ccc(-c2ccc(-c3ccc4c(c3)c3ccccc3n4-c3ccccc3)cc2)cc1)c1ccc(-c2ccc3oc4ccccc4c3c2)cc1. The molecule has 2 heterocycles. The van der Waals surface area contributed by atoms with Crippen LogP contribution in [0.2, 0.25) is 0 Å². The van der Waals surface area contributed by atoms with E-state index in [1.54, 1.807) is 0 Å². The van der Waals surface area contributed by atoms with Gasteiger partial charge >= 0.3 is 0 Å². The maximum absolute atomic E-state index is 6.03. The van der Waals surface area contributed by atoms with Gasteiger partial charge in [0.15, 0.2) is 0 Å². The minimum atomic E-state index is 0.919. The van der Waals surface area contributed by atoms with E-state index < -0.39 is 0 Å². The summed E-state index contributed by atoms with van der Waals surface area (Å²) in [6.45, 7) is 0. The molecule has 8 aromatic carbocycles. The second-order valence-corrected chi connectivity index (χ2v) is 13.5. The molecule has 0 bridgehead atoms. The van der Waals surface area contributed by atoms with E-state index in [1.807, 2.05) is 12.1 Å². The normalized spacial score (nSPS) is 11.6. The molecule has 52 heavy (non-hydrogen) atoms. The number of furan rings is 1. The van der Waals surface area contributed by atoms with Gasteiger partial charge in [0, 0.05) is 45.7 Å². The van der Waals surface area contributed by atoms with Crippen LogP contribution in [-0.2, 0) is 0 Å². The van der Waals surface area contributed by atoms with Crippen LogP contribution < -0.4 is 4.90 Å². The summed E-state index contributed by atoms with van der Waals surface area (Å²) in [5, 5.41) is 4.83. The Morgan fingerprint density at radius 3 is 1.50 bits per heavy atom. The van der Waals surface area contributed by atoms with Crippen LogP contribution in [0.25, 0.3) is 82.8 Å². The Kier molecular flexibility index (Phi) is 7.04. The number of fused-ring (bicyclic) bond motifs is 6. The lowest BCUT2D eigenvalue weighted by atomic mass is 9.99. The van der Waals surface area contributed by atoms with Gasteiger partial charge in [-0.3, -0.25) is 0 Å². The van der Waals surface area contributed by atoms with Gasteiger partial charge in [-0.25, -0.2) is 0 Å². The summed E-state index contributed by atoms with van der Waals surface area (Å²) in [5.74, 6) is 0. The van der Waals surface area contributed by atoms with Crippen molar-refractivity contribution in [3.05, 3.63) is 188 Å². The third-order valence-corrected chi connectivity index (χ3v) is 10.5. The predicted molar refractivity (Wildman–Crippen MR) is 219 cm³/mol. The highest BCUT2D eigenvalue weighted by molar-refractivity contribution is 6.10. The first-order chi connectivity index (χ1) is 25.7. The topological polar surface area (TPSA) is 21.3 Å². The Balaban J connectivity index is 0.880. The van der Waals surface area contributed by atoms with Crippen LogP contribution in [0.1, 0.15) is 0 Å². The summed E-state index contributed by atoms with van der Waals surface area (Å²) >= 11 is 0. The lowest BCUT2D eigenvalue weighted by Crippen LogP contribution is -2.08. The third kappa shape index (κ3) is 5.06. The van der Waals surface area contributed by atoms with Crippen molar-refractivity contribution in [2.45, 2.75) is 0 Å². The van der Waals surface area contributed by atoms with E-state index in [9.17, 15) is 0 Å². The molecular weight excluding hydrogens is 633 g/mol. The quantitative estimate of drug-likeness (QED) is 0.176. The van der Waals surface area contributed by atoms with Crippen LogP contribution in [0.15, 0.2) is 192 Å². The first-order valence-corrected chi connectivity index (χ1v) is 17.7. The second kappa shape index (κ2) is 12.2. The molecule has 10 aromatic rings. The zero-order chi connectivity index (χ0) is 34.6. The number of hydrogen-bond donors (Lipinski definition) is 0. The Hall–Kier alpha value is -6.84. The second-order valence-electron chi connectivity index (χ2n) is 13.5. The van der Waals surface area contributed by atoms with Crippen molar-refractivity contribution in [1.82, 2.24) is 4.57 Å². The molecule has 0 aliphatic rings. The third-order valence-electron chi connectivity index (χ3n) is 10.5. The van der Waals surface area contributed by atoms with E-state index in [2.05, 4.69) is 192 Å². The molecular formula is C49H34N2O. The minimum absolute atomic E-state index is 0.919. The van der Waals surface area contributed by atoms with Crippen molar-refractivity contribution in [2.24, 2.45) is 0 Å². The fourth-order valence-electron chi connectivity index (χ4n) is 7.67. The largest absolute Gasteiger partial charge is 0.456 e. The fraction of sp³-hybridized carbons (Fsp3) is 0.0204. The molecule has 0 aliphatic carbocycles. The first-order valence-electron chi connectivity index (χ1n) is 17.7. The van der Waals surface area contributed by atoms with E-state index in [1.165, 1.54) is 60.9 Å². The lowest BCUT2D eigenvalue weighted by Gasteiger charge is -2.20. The highest BCUT2D eigenvalue weighted by Gasteiger charge is 2.14. The van der Waals surface area contributed by atoms with Crippen molar-refractivity contribution in [3.8, 4) is 39.1 Å². The molecule has 0 saturated carbocycles. The average Bonchev–Trinajstić information content (AvgIpc) is 3.76. The van der Waals surface area contributed by atoms with E-state index in [-0.39, 0.29) is 0 Å². The van der Waals surface area contributed by atoms with Gasteiger partial charge in [0.2, 0.25) is 0 Å². The van der Waals surface area contributed by atoms with Crippen LogP contribution in [0, 0.1) is 0 Å². The van der Waals surface area contributed by atoms with E-state index in [4.69, 9.17) is 4.42 Å². The van der Waals surface area contributed by atoms with Crippen molar-refractivity contribution in [3.63, 3.8) is 0 Å². The molecule has 0 N–H and O–H groups in total. The van der Waals surface area contributed by atoms with Gasteiger partial charge in [-0.1, -0.05) is 115 Å². The van der Waals surface area contributed by atoms with Gasteiger partial charge in [-0.05, 0) is 106 Å². The van der Waals surface area contributed by atoms with Gasteiger partial charge in [-0.15, -0.1) is 0 Å². The predicted octanol–water partition coefficient (Wildman–Crippen LogP) is 13.5. The van der Waals surface area contributed by atoms with Crippen LogP contribution >= 0.6 is 0 Å². The number of rotatable bonds is 6. The van der Waals surface area contributed by atoms with Crippen molar-refractivity contribution in [1.29, 1.82) is 0 Å². The fourth-order valence-corrected chi connectivity index (χ4v) is 7.67. The molecule has 0 radical (unpaired) electrons. The van der Waals surface area contributed by atoms with E-state index in [0.29, 0.717) is 0 Å². The Bertz CT molecular complexity index is 2880. The number of para-hydroxylation sites is 3. The average molecular weight is 667 g/mol. The molecule has 0 aliphatic heterocycles. The molecule has 0 saturated heterocycles. The highest BCUT2D eigenvalue weighted by atomic mass is 16.3. The number of aromatic nitrogens is 1. The summed E-state index contributed by atoms with van der Waals surface area (Å²) in [7, 11) is 2.12.